The van der Waals surface area contributed by atoms with Crippen molar-refractivity contribution in [1.82, 2.24) is 0 Å². The molecular weight excluding hydrogens is 110 g/mol. The van der Waals surface area contributed by atoms with E-state index in [-0.39, 0.29) is 0 Å². The number of allylic oxidation sites excluding steroid dienone is 2. The molecule has 0 atom stereocenters. The summed E-state index contributed by atoms with van der Waals surface area (Å²) in [6.07, 6.45) is 3.30. The molecule has 0 saturated carbocycles. The van der Waals surface area contributed by atoms with Crippen LogP contribution in [0.3, 0.4) is 0 Å². The second-order valence-electron chi connectivity index (χ2n) is 2.16. The Morgan fingerprint density at radius 1 is 1.56 bits per heavy atom. The third kappa shape index (κ3) is 3.71. The Morgan fingerprint density at radius 2 is 2.11 bits per heavy atom. The molecule has 50 valence electrons. The van der Waals surface area contributed by atoms with E-state index in [9.17, 15) is 0 Å². The highest BCUT2D eigenvalue weighted by Gasteiger charge is 1.93. The third-order valence-corrected chi connectivity index (χ3v) is 1.01. The first kappa shape index (κ1) is 8.15. The quantitative estimate of drug-likeness (QED) is 0.511. The molecule has 0 N–H and O–H groups in total. The molecule has 0 bridgehead atoms. The maximum atomic E-state index is 4.00. The van der Waals surface area contributed by atoms with Crippen LogP contribution in [0, 0.1) is 5.92 Å². The van der Waals surface area contributed by atoms with Crippen molar-refractivity contribution in [2.75, 3.05) is 0 Å². The predicted molar refractivity (Wildman–Crippen MR) is 42.7 cm³/mol. The van der Waals surface area contributed by atoms with Gasteiger partial charge in [-0.3, -0.25) is 4.99 Å². The van der Waals surface area contributed by atoms with Crippen LogP contribution in [0.25, 0.3) is 0 Å². The number of aliphatic imine (C=N–C) groups is 1. The lowest BCUT2D eigenvalue weighted by atomic mass is 10.2. The predicted octanol–water partition coefficient (Wildman–Crippen LogP) is 2.41. The van der Waals surface area contributed by atoms with Crippen molar-refractivity contribution >= 4 is 6.21 Å². The van der Waals surface area contributed by atoms with Gasteiger partial charge in [-0.15, -0.1) is 0 Å². The lowest BCUT2D eigenvalue weighted by molar-refractivity contribution is 0.763. The molecule has 0 aliphatic carbocycles. The third-order valence-electron chi connectivity index (χ3n) is 1.01. The molecule has 0 aliphatic rings. The summed E-state index contributed by atoms with van der Waals surface area (Å²) in [4.78, 5) is 4.00. The second kappa shape index (κ2) is 4.07. The van der Waals surface area contributed by atoms with Gasteiger partial charge in [0.05, 0.1) is 0 Å². The number of hydrogen-bond acceptors (Lipinski definition) is 1. The van der Waals surface area contributed by atoms with Crippen molar-refractivity contribution in [3.05, 3.63) is 24.9 Å². The first-order chi connectivity index (χ1) is 4.18. The van der Waals surface area contributed by atoms with Crippen LogP contribution >= 0.6 is 0 Å². The van der Waals surface area contributed by atoms with Crippen LogP contribution in [0.1, 0.15) is 13.8 Å². The Labute approximate surface area is 56.8 Å². The first-order valence-electron chi connectivity index (χ1n) is 3.02. The van der Waals surface area contributed by atoms with Crippen LogP contribution in [0.2, 0.25) is 0 Å². The van der Waals surface area contributed by atoms with Gasteiger partial charge in [0.15, 0.2) is 0 Å². The summed E-state index contributed by atoms with van der Waals surface area (Å²) in [6, 6.07) is 0. The maximum absolute atomic E-state index is 4.00. The molecule has 0 heterocycles. The van der Waals surface area contributed by atoms with Crippen molar-refractivity contribution in [1.29, 1.82) is 0 Å². The summed E-state index contributed by atoms with van der Waals surface area (Å²) >= 11 is 0. The van der Waals surface area contributed by atoms with Crippen molar-refractivity contribution in [3.8, 4) is 0 Å². The second-order valence-corrected chi connectivity index (χ2v) is 2.16. The smallest absolute Gasteiger partial charge is 0.0357 e. The van der Waals surface area contributed by atoms with Gasteiger partial charge in [-0.05, 0) is 5.92 Å². The summed E-state index contributed by atoms with van der Waals surface area (Å²) in [6.45, 7) is 11.4. The van der Waals surface area contributed by atoms with Crippen molar-refractivity contribution in [3.63, 3.8) is 0 Å². The number of hydrogen-bond donors (Lipinski definition) is 0. The highest BCUT2D eigenvalue weighted by Crippen LogP contribution is 2.05. The lowest BCUT2D eigenvalue weighted by Crippen LogP contribution is -1.87. The molecule has 0 aromatic heterocycles. The topological polar surface area (TPSA) is 12.4 Å². The van der Waals surface area contributed by atoms with Gasteiger partial charge >= 0.3 is 0 Å². The van der Waals surface area contributed by atoms with Crippen LogP contribution in [-0.4, -0.2) is 6.21 Å². The van der Waals surface area contributed by atoms with E-state index in [1.54, 1.807) is 12.3 Å². The van der Waals surface area contributed by atoms with E-state index in [0.29, 0.717) is 5.92 Å². The van der Waals surface area contributed by atoms with Crippen LogP contribution < -0.4 is 0 Å². The van der Waals surface area contributed by atoms with E-state index in [2.05, 4.69) is 32.0 Å². The molecule has 0 radical (unpaired) electrons. The highest BCUT2D eigenvalue weighted by molar-refractivity contribution is 5.71. The summed E-state index contributed by atoms with van der Waals surface area (Å²) in [5.74, 6) is 0.432. The van der Waals surface area contributed by atoms with Gasteiger partial charge in [0, 0.05) is 11.9 Å². The summed E-state index contributed by atoms with van der Waals surface area (Å²) in [5, 5.41) is 0. The monoisotopic (exact) mass is 123 g/mol. The van der Waals surface area contributed by atoms with Crippen LogP contribution in [0.5, 0.6) is 0 Å². The van der Waals surface area contributed by atoms with E-state index in [0.717, 1.165) is 5.70 Å². The molecule has 0 unspecified atom stereocenters. The Hall–Kier alpha value is -0.850. The molecule has 0 rings (SSSR count). The van der Waals surface area contributed by atoms with Crippen LogP contribution in [0.4, 0.5) is 0 Å². The van der Waals surface area contributed by atoms with Crippen LogP contribution in [-0.2, 0) is 0 Å². The minimum Gasteiger partial charge on any atom is -0.262 e. The summed E-state index contributed by atoms with van der Waals surface area (Å²) < 4.78 is 0. The number of nitrogens with zero attached hydrogens (tertiary/aromatic N) is 1. The standard InChI is InChI=1S/C8H13N/c1-5-6-9-8(4)7(2)3/h5-7H,1,4H2,2-3H3. The Kier molecular flexibility index (Phi) is 3.69. The fraction of sp³-hybridized carbons (Fsp3) is 0.375. The molecule has 1 nitrogen and oxygen atoms in total. The number of rotatable bonds is 3. The highest BCUT2D eigenvalue weighted by atomic mass is 14.7. The first-order valence-corrected chi connectivity index (χ1v) is 3.02. The molecule has 0 amide bonds. The molecule has 0 aromatic carbocycles. The van der Waals surface area contributed by atoms with Gasteiger partial charge in [0.1, 0.15) is 0 Å². The van der Waals surface area contributed by atoms with E-state index in [4.69, 9.17) is 0 Å². The minimum atomic E-state index is 0.432. The SMILES string of the molecule is C=CC=NC(=C)C(C)C. The van der Waals surface area contributed by atoms with E-state index in [1.165, 1.54) is 0 Å². The van der Waals surface area contributed by atoms with Crippen molar-refractivity contribution in [2.45, 2.75) is 13.8 Å². The molecule has 0 saturated heterocycles. The molecular formula is C8H13N. The average molecular weight is 123 g/mol. The van der Waals surface area contributed by atoms with E-state index in [1.807, 2.05) is 0 Å². The molecule has 1 heteroatoms. The molecule has 0 aliphatic heterocycles. The largest absolute Gasteiger partial charge is 0.262 e. The fourth-order valence-corrected chi connectivity index (χ4v) is 0.298. The molecule has 0 spiro atoms. The zero-order valence-electron chi connectivity index (χ0n) is 6.09. The van der Waals surface area contributed by atoms with Crippen molar-refractivity contribution < 1.29 is 0 Å². The Bertz CT molecular complexity index is 132. The zero-order chi connectivity index (χ0) is 7.28. The van der Waals surface area contributed by atoms with Gasteiger partial charge in [0.2, 0.25) is 0 Å². The minimum absolute atomic E-state index is 0.432. The maximum Gasteiger partial charge on any atom is 0.0357 e. The van der Waals surface area contributed by atoms with Crippen LogP contribution in [0.15, 0.2) is 29.9 Å². The Morgan fingerprint density at radius 3 is 2.44 bits per heavy atom. The van der Waals surface area contributed by atoms with Gasteiger partial charge in [-0.1, -0.05) is 33.1 Å². The molecule has 0 aromatic rings. The van der Waals surface area contributed by atoms with Gasteiger partial charge in [-0.25, -0.2) is 0 Å². The normalized spacial score (nSPS) is 10.6. The van der Waals surface area contributed by atoms with Gasteiger partial charge in [0.25, 0.3) is 0 Å². The van der Waals surface area contributed by atoms with Gasteiger partial charge < -0.3 is 0 Å². The summed E-state index contributed by atoms with van der Waals surface area (Å²) in [7, 11) is 0. The molecule has 9 heavy (non-hydrogen) atoms. The van der Waals surface area contributed by atoms with Gasteiger partial charge in [-0.2, -0.15) is 0 Å². The fourth-order valence-electron chi connectivity index (χ4n) is 0.298. The summed E-state index contributed by atoms with van der Waals surface area (Å²) in [5.41, 5.74) is 0.898. The average Bonchev–Trinajstić information content (AvgIpc) is 1.82. The zero-order valence-corrected chi connectivity index (χ0v) is 6.09. The van der Waals surface area contributed by atoms with E-state index >= 15 is 0 Å². The lowest BCUT2D eigenvalue weighted by Gasteiger charge is -1.99. The molecule has 0 fully saturated rings. The van der Waals surface area contributed by atoms with E-state index < -0.39 is 0 Å². The Balaban J connectivity index is 3.76. The van der Waals surface area contributed by atoms with Crippen molar-refractivity contribution in [2.24, 2.45) is 10.9 Å².